The Kier molecular flexibility index (Phi) is 5.08. The number of amides is 2. The molecule has 0 saturated heterocycles. The molecule has 1 aliphatic rings. The van der Waals surface area contributed by atoms with E-state index < -0.39 is 9.84 Å². The predicted octanol–water partition coefficient (Wildman–Crippen LogP) is 3.01. The molecular weight excluding hydrogens is 336 g/mol. The first-order valence-corrected chi connectivity index (χ1v) is 10.1. The Morgan fingerprint density at radius 1 is 1.12 bits per heavy atom. The SMILES string of the molecule is CC1Cc2ccccc2N1C(=O)NCCCS(=O)(=O)c1ccccc1. The molecule has 0 bridgehead atoms. The van der Waals surface area contributed by atoms with Gasteiger partial charge in [0, 0.05) is 18.3 Å². The minimum Gasteiger partial charge on any atom is -0.338 e. The molecule has 1 N–H and O–H groups in total. The average Bonchev–Trinajstić information content (AvgIpc) is 2.95. The van der Waals surface area contributed by atoms with E-state index in [-0.39, 0.29) is 17.8 Å². The lowest BCUT2D eigenvalue weighted by Crippen LogP contribution is -2.43. The van der Waals surface area contributed by atoms with Crippen LogP contribution in [0.4, 0.5) is 10.5 Å². The van der Waals surface area contributed by atoms with Crippen molar-refractivity contribution < 1.29 is 13.2 Å². The lowest BCUT2D eigenvalue weighted by molar-refractivity contribution is 0.245. The maximum atomic E-state index is 12.5. The number of benzene rings is 2. The van der Waals surface area contributed by atoms with Crippen molar-refractivity contribution in [2.45, 2.75) is 30.7 Å². The van der Waals surface area contributed by atoms with Crippen molar-refractivity contribution in [3.63, 3.8) is 0 Å². The third-order valence-electron chi connectivity index (χ3n) is 4.39. The Balaban J connectivity index is 1.54. The zero-order valence-electron chi connectivity index (χ0n) is 14.2. The van der Waals surface area contributed by atoms with Crippen molar-refractivity contribution >= 4 is 21.6 Å². The second-order valence-electron chi connectivity index (χ2n) is 6.27. The number of carbonyl (C=O) groups is 1. The molecule has 2 amide bonds. The van der Waals surface area contributed by atoms with Gasteiger partial charge in [0.05, 0.1) is 10.6 Å². The maximum absolute atomic E-state index is 12.5. The first kappa shape index (κ1) is 17.5. The van der Waals surface area contributed by atoms with E-state index in [2.05, 4.69) is 5.32 Å². The number of nitrogens with one attached hydrogen (secondary N) is 1. The van der Waals surface area contributed by atoms with Crippen molar-refractivity contribution in [1.29, 1.82) is 0 Å². The van der Waals surface area contributed by atoms with E-state index in [0.29, 0.717) is 17.9 Å². The topological polar surface area (TPSA) is 66.5 Å². The maximum Gasteiger partial charge on any atom is 0.322 e. The number of hydrogen-bond donors (Lipinski definition) is 1. The molecule has 0 saturated carbocycles. The lowest BCUT2D eigenvalue weighted by atomic mass is 10.1. The summed E-state index contributed by atoms with van der Waals surface area (Å²) in [6.07, 6.45) is 1.22. The largest absolute Gasteiger partial charge is 0.338 e. The van der Waals surface area contributed by atoms with Crippen LogP contribution < -0.4 is 10.2 Å². The summed E-state index contributed by atoms with van der Waals surface area (Å²) in [7, 11) is -3.30. The van der Waals surface area contributed by atoms with Crippen molar-refractivity contribution in [2.24, 2.45) is 0 Å². The van der Waals surface area contributed by atoms with Crippen LogP contribution in [0.25, 0.3) is 0 Å². The van der Waals surface area contributed by atoms with Gasteiger partial charge < -0.3 is 5.32 Å². The van der Waals surface area contributed by atoms with Crippen LogP contribution in [0.1, 0.15) is 18.9 Å². The van der Waals surface area contributed by atoms with Gasteiger partial charge in [-0.1, -0.05) is 36.4 Å². The van der Waals surface area contributed by atoms with E-state index in [9.17, 15) is 13.2 Å². The summed E-state index contributed by atoms with van der Waals surface area (Å²) in [5.74, 6) is 0.0173. The number of para-hydroxylation sites is 1. The zero-order chi connectivity index (χ0) is 17.9. The molecule has 0 radical (unpaired) electrons. The fraction of sp³-hybridized carbons (Fsp3) is 0.316. The van der Waals surface area contributed by atoms with Crippen LogP contribution in [0.2, 0.25) is 0 Å². The van der Waals surface area contributed by atoms with Crippen molar-refractivity contribution in [3.05, 3.63) is 60.2 Å². The molecule has 1 atom stereocenters. The first-order valence-electron chi connectivity index (χ1n) is 8.42. The van der Waals surface area contributed by atoms with E-state index in [0.717, 1.165) is 17.7 Å². The molecule has 6 heteroatoms. The molecule has 132 valence electrons. The van der Waals surface area contributed by atoms with E-state index in [4.69, 9.17) is 0 Å². The molecule has 1 aliphatic heterocycles. The van der Waals surface area contributed by atoms with Crippen molar-refractivity contribution in [1.82, 2.24) is 5.32 Å². The number of anilines is 1. The minimum absolute atomic E-state index is 0.0173. The van der Waals surface area contributed by atoms with E-state index >= 15 is 0 Å². The monoisotopic (exact) mass is 358 g/mol. The lowest BCUT2D eigenvalue weighted by Gasteiger charge is -2.23. The van der Waals surface area contributed by atoms with Crippen molar-refractivity contribution in [2.75, 3.05) is 17.2 Å². The minimum atomic E-state index is -3.30. The number of sulfone groups is 1. The highest BCUT2D eigenvalue weighted by Gasteiger charge is 2.30. The molecular formula is C19H22N2O3S. The Bertz CT molecular complexity index is 850. The van der Waals surface area contributed by atoms with E-state index in [1.807, 2.05) is 31.2 Å². The smallest absolute Gasteiger partial charge is 0.322 e. The predicted molar refractivity (Wildman–Crippen MR) is 98.6 cm³/mol. The summed E-state index contributed by atoms with van der Waals surface area (Å²) >= 11 is 0. The second-order valence-corrected chi connectivity index (χ2v) is 8.38. The number of fused-ring (bicyclic) bond motifs is 1. The van der Waals surface area contributed by atoms with E-state index in [1.165, 1.54) is 0 Å². The van der Waals surface area contributed by atoms with Crippen LogP contribution in [0.15, 0.2) is 59.5 Å². The summed E-state index contributed by atoms with van der Waals surface area (Å²) in [4.78, 5) is 14.6. The number of rotatable bonds is 5. The second kappa shape index (κ2) is 7.27. The van der Waals surface area contributed by atoms with Gasteiger partial charge in [-0.25, -0.2) is 13.2 Å². The quantitative estimate of drug-likeness (QED) is 0.836. The molecule has 3 rings (SSSR count). The van der Waals surface area contributed by atoms with Crippen LogP contribution in [-0.2, 0) is 16.3 Å². The van der Waals surface area contributed by atoms with Gasteiger partial charge >= 0.3 is 6.03 Å². The molecule has 1 heterocycles. The highest BCUT2D eigenvalue weighted by Crippen LogP contribution is 2.31. The van der Waals surface area contributed by atoms with Crippen LogP contribution in [-0.4, -0.2) is 32.8 Å². The fourth-order valence-corrected chi connectivity index (χ4v) is 4.50. The molecule has 0 aliphatic carbocycles. The summed E-state index contributed by atoms with van der Waals surface area (Å²) < 4.78 is 24.5. The summed E-state index contributed by atoms with van der Waals surface area (Å²) in [5.41, 5.74) is 2.10. The molecule has 5 nitrogen and oxygen atoms in total. The van der Waals surface area contributed by atoms with Gasteiger partial charge in [0.2, 0.25) is 0 Å². The third kappa shape index (κ3) is 3.85. The average molecular weight is 358 g/mol. The Morgan fingerprint density at radius 3 is 2.56 bits per heavy atom. The van der Waals surface area contributed by atoms with Crippen molar-refractivity contribution in [3.8, 4) is 0 Å². The fourth-order valence-electron chi connectivity index (χ4n) is 3.16. The summed E-state index contributed by atoms with van der Waals surface area (Å²) in [6, 6.07) is 16.2. The molecule has 0 spiro atoms. The Labute approximate surface area is 148 Å². The summed E-state index contributed by atoms with van der Waals surface area (Å²) in [6.45, 7) is 2.34. The number of urea groups is 1. The van der Waals surface area contributed by atoms with Gasteiger partial charge in [-0.3, -0.25) is 4.90 Å². The van der Waals surface area contributed by atoms with Gasteiger partial charge in [0.15, 0.2) is 9.84 Å². The van der Waals surface area contributed by atoms with Gasteiger partial charge in [0.25, 0.3) is 0 Å². The number of hydrogen-bond acceptors (Lipinski definition) is 3. The number of nitrogens with zero attached hydrogens (tertiary/aromatic N) is 1. The standard InChI is InChI=1S/C19H22N2O3S/c1-15-14-16-8-5-6-11-18(16)21(15)19(22)20-12-7-13-25(23,24)17-9-3-2-4-10-17/h2-6,8-11,15H,7,12-14H2,1H3,(H,20,22). The third-order valence-corrected chi connectivity index (χ3v) is 6.21. The van der Waals surface area contributed by atoms with Gasteiger partial charge in [-0.2, -0.15) is 0 Å². The molecule has 1 unspecified atom stereocenters. The van der Waals surface area contributed by atoms with Gasteiger partial charge in [-0.15, -0.1) is 0 Å². The van der Waals surface area contributed by atoms with Crippen LogP contribution in [0, 0.1) is 0 Å². The van der Waals surface area contributed by atoms with Gasteiger partial charge in [-0.05, 0) is 43.5 Å². The highest BCUT2D eigenvalue weighted by molar-refractivity contribution is 7.91. The molecule has 2 aromatic rings. The van der Waals surface area contributed by atoms with Crippen LogP contribution >= 0.6 is 0 Å². The molecule has 25 heavy (non-hydrogen) atoms. The summed E-state index contributed by atoms with van der Waals surface area (Å²) in [5, 5.41) is 2.84. The molecule has 2 aromatic carbocycles. The Hall–Kier alpha value is -2.34. The zero-order valence-corrected chi connectivity index (χ0v) is 15.0. The highest BCUT2D eigenvalue weighted by atomic mass is 32.2. The van der Waals surface area contributed by atoms with Crippen LogP contribution in [0.3, 0.4) is 0 Å². The van der Waals surface area contributed by atoms with Gasteiger partial charge in [0.1, 0.15) is 0 Å². The Morgan fingerprint density at radius 2 is 1.80 bits per heavy atom. The molecule has 0 fully saturated rings. The normalized spacial score (nSPS) is 16.5. The van der Waals surface area contributed by atoms with Crippen LogP contribution in [0.5, 0.6) is 0 Å². The first-order chi connectivity index (χ1) is 12.0. The number of carbonyl (C=O) groups excluding carboxylic acids is 1. The van der Waals surface area contributed by atoms with E-state index in [1.54, 1.807) is 35.2 Å². The molecule has 0 aromatic heterocycles.